The molecule has 0 aliphatic heterocycles. The summed E-state index contributed by atoms with van der Waals surface area (Å²) in [6.07, 6.45) is -1.50. The first-order chi connectivity index (χ1) is 14.9. The Morgan fingerprint density at radius 1 is 1.03 bits per heavy atom. The van der Waals surface area contributed by atoms with Gasteiger partial charge in [0, 0.05) is 29.8 Å². The molecule has 7 heteroatoms. The van der Waals surface area contributed by atoms with Gasteiger partial charge < -0.3 is 5.32 Å². The van der Waals surface area contributed by atoms with Crippen molar-refractivity contribution in [2.24, 2.45) is 11.8 Å². The molecule has 0 spiro atoms. The number of benzene rings is 2. The SMILES string of the molecule is O=C(NCc1cn(-c2ccccc2)nc1-c1ccccc1)C1CCCC(C(F)(F)F)C1. The molecule has 1 aromatic heterocycles. The van der Waals surface area contributed by atoms with E-state index >= 15 is 0 Å². The number of halogens is 3. The number of rotatable bonds is 5. The summed E-state index contributed by atoms with van der Waals surface area (Å²) in [6, 6.07) is 19.3. The van der Waals surface area contributed by atoms with E-state index in [1.54, 1.807) is 4.68 Å². The molecule has 31 heavy (non-hydrogen) atoms. The van der Waals surface area contributed by atoms with Crippen molar-refractivity contribution in [3.8, 4) is 16.9 Å². The largest absolute Gasteiger partial charge is 0.391 e. The van der Waals surface area contributed by atoms with E-state index in [1.165, 1.54) is 0 Å². The first kappa shape index (κ1) is 21.2. The summed E-state index contributed by atoms with van der Waals surface area (Å²) < 4.78 is 41.0. The van der Waals surface area contributed by atoms with Crippen LogP contribution >= 0.6 is 0 Å². The van der Waals surface area contributed by atoms with E-state index in [2.05, 4.69) is 5.32 Å². The maximum Gasteiger partial charge on any atom is 0.391 e. The molecule has 1 aliphatic carbocycles. The Morgan fingerprint density at radius 3 is 2.39 bits per heavy atom. The zero-order valence-corrected chi connectivity index (χ0v) is 17.0. The highest BCUT2D eigenvalue weighted by Crippen LogP contribution is 2.40. The van der Waals surface area contributed by atoms with E-state index in [4.69, 9.17) is 5.10 Å². The van der Waals surface area contributed by atoms with Crippen molar-refractivity contribution in [3.63, 3.8) is 0 Å². The number of aromatic nitrogens is 2. The molecule has 1 aliphatic rings. The van der Waals surface area contributed by atoms with Crippen molar-refractivity contribution < 1.29 is 18.0 Å². The minimum absolute atomic E-state index is 0.106. The van der Waals surface area contributed by atoms with E-state index in [0.717, 1.165) is 22.5 Å². The van der Waals surface area contributed by atoms with Crippen molar-refractivity contribution in [2.45, 2.75) is 38.4 Å². The summed E-state index contributed by atoms with van der Waals surface area (Å²) in [5, 5.41) is 7.56. The second-order valence-electron chi connectivity index (χ2n) is 7.97. The predicted octanol–water partition coefficient (Wildman–Crippen LogP) is 5.52. The topological polar surface area (TPSA) is 46.9 Å². The second kappa shape index (κ2) is 8.96. The lowest BCUT2D eigenvalue weighted by Crippen LogP contribution is -2.37. The Bertz CT molecular complexity index is 1020. The van der Waals surface area contributed by atoms with Crippen LogP contribution in [0.2, 0.25) is 0 Å². The van der Waals surface area contributed by atoms with Crippen molar-refractivity contribution in [2.75, 3.05) is 0 Å². The summed E-state index contributed by atoms with van der Waals surface area (Å²) in [4.78, 5) is 12.7. The average Bonchev–Trinajstić information content (AvgIpc) is 3.22. The van der Waals surface area contributed by atoms with Gasteiger partial charge in [0.1, 0.15) is 0 Å². The molecule has 2 unspecified atom stereocenters. The van der Waals surface area contributed by atoms with E-state index in [0.29, 0.717) is 12.8 Å². The Balaban J connectivity index is 1.52. The average molecular weight is 427 g/mol. The van der Waals surface area contributed by atoms with Gasteiger partial charge >= 0.3 is 6.18 Å². The second-order valence-corrected chi connectivity index (χ2v) is 7.97. The lowest BCUT2D eigenvalue weighted by Gasteiger charge is -2.29. The number of hydrogen-bond acceptors (Lipinski definition) is 2. The van der Waals surface area contributed by atoms with Gasteiger partial charge in [-0.2, -0.15) is 18.3 Å². The smallest absolute Gasteiger partial charge is 0.352 e. The highest BCUT2D eigenvalue weighted by atomic mass is 19.4. The van der Waals surface area contributed by atoms with Crippen molar-refractivity contribution >= 4 is 5.91 Å². The van der Waals surface area contributed by atoms with Crippen LogP contribution in [0.5, 0.6) is 0 Å². The van der Waals surface area contributed by atoms with E-state index in [-0.39, 0.29) is 25.3 Å². The molecule has 4 nitrogen and oxygen atoms in total. The minimum atomic E-state index is -4.24. The summed E-state index contributed by atoms with van der Waals surface area (Å²) in [5.41, 5.74) is 3.35. The maximum atomic E-state index is 13.1. The molecule has 0 radical (unpaired) electrons. The number of alkyl halides is 3. The van der Waals surface area contributed by atoms with Crippen LogP contribution in [0.1, 0.15) is 31.2 Å². The number of nitrogens with zero attached hydrogens (tertiary/aromatic N) is 2. The Kier molecular flexibility index (Phi) is 6.11. The van der Waals surface area contributed by atoms with E-state index in [1.807, 2.05) is 66.9 Å². The van der Waals surface area contributed by atoms with Crippen LogP contribution in [-0.4, -0.2) is 21.9 Å². The number of amides is 1. The number of para-hydroxylation sites is 1. The van der Waals surface area contributed by atoms with Crippen LogP contribution < -0.4 is 5.32 Å². The molecule has 4 rings (SSSR count). The Labute approximate surface area is 179 Å². The fraction of sp³-hybridized carbons (Fsp3) is 0.333. The number of hydrogen-bond donors (Lipinski definition) is 1. The lowest BCUT2D eigenvalue weighted by molar-refractivity contribution is -0.186. The van der Waals surface area contributed by atoms with Gasteiger partial charge in [-0.05, 0) is 31.4 Å². The van der Waals surface area contributed by atoms with Gasteiger partial charge in [-0.1, -0.05) is 55.0 Å². The minimum Gasteiger partial charge on any atom is -0.352 e. The lowest BCUT2D eigenvalue weighted by atomic mass is 9.80. The molecule has 2 aromatic carbocycles. The zero-order valence-electron chi connectivity index (χ0n) is 17.0. The molecular weight excluding hydrogens is 403 g/mol. The molecule has 1 N–H and O–H groups in total. The van der Waals surface area contributed by atoms with Crippen molar-refractivity contribution in [1.29, 1.82) is 0 Å². The molecule has 1 amide bonds. The van der Waals surface area contributed by atoms with Gasteiger partial charge in [-0.25, -0.2) is 4.68 Å². The van der Waals surface area contributed by atoms with Gasteiger partial charge in [-0.3, -0.25) is 4.79 Å². The number of carbonyl (C=O) groups excluding carboxylic acids is 1. The molecule has 0 saturated heterocycles. The molecule has 1 saturated carbocycles. The quantitative estimate of drug-likeness (QED) is 0.583. The van der Waals surface area contributed by atoms with E-state index in [9.17, 15) is 18.0 Å². The van der Waals surface area contributed by atoms with Gasteiger partial charge in [0.2, 0.25) is 5.91 Å². The highest BCUT2D eigenvalue weighted by Gasteiger charge is 2.43. The number of nitrogens with one attached hydrogen (secondary N) is 1. The summed E-state index contributed by atoms with van der Waals surface area (Å²) in [6.45, 7) is 0.211. The summed E-state index contributed by atoms with van der Waals surface area (Å²) >= 11 is 0. The molecular formula is C24H24F3N3O. The molecule has 2 atom stereocenters. The third-order valence-electron chi connectivity index (χ3n) is 5.82. The number of carbonyl (C=O) groups is 1. The van der Waals surface area contributed by atoms with Crippen molar-refractivity contribution in [3.05, 3.63) is 72.4 Å². The normalized spacial score (nSPS) is 19.2. The summed E-state index contributed by atoms with van der Waals surface area (Å²) in [7, 11) is 0. The van der Waals surface area contributed by atoms with Crippen LogP contribution in [0.3, 0.4) is 0 Å². The molecule has 1 heterocycles. The van der Waals surface area contributed by atoms with E-state index < -0.39 is 18.0 Å². The van der Waals surface area contributed by atoms with Crippen LogP contribution in [0, 0.1) is 11.8 Å². The van der Waals surface area contributed by atoms with Crippen molar-refractivity contribution in [1.82, 2.24) is 15.1 Å². The fourth-order valence-electron chi connectivity index (χ4n) is 4.14. The Morgan fingerprint density at radius 2 is 1.71 bits per heavy atom. The van der Waals surface area contributed by atoms with Crippen LogP contribution in [0.25, 0.3) is 16.9 Å². The van der Waals surface area contributed by atoms with Crippen LogP contribution in [-0.2, 0) is 11.3 Å². The predicted molar refractivity (Wildman–Crippen MR) is 112 cm³/mol. The highest BCUT2D eigenvalue weighted by molar-refractivity contribution is 5.79. The van der Waals surface area contributed by atoms with Crippen LogP contribution in [0.15, 0.2) is 66.9 Å². The third kappa shape index (κ3) is 4.98. The molecule has 162 valence electrons. The first-order valence-electron chi connectivity index (χ1n) is 10.5. The fourth-order valence-corrected chi connectivity index (χ4v) is 4.14. The summed E-state index contributed by atoms with van der Waals surface area (Å²) in [5.74, 6) is -2.32. The standard InChI is InChI=1S/C24H24F3N3O/c25-24(26,27)20-11-7-10-18(14-20)23(31)28-15-19-16-30(21-12-5-2-6-13-21)29-22(19)17-8-3-1-4-9-17/h1-6,8-9,12-13,16,18,20H,7,10-11,14-15H2,(H,28,31). The van der Waals surface area contributed by atoms with Crippen LogP contribution in [0.4, 0.5) is 13.2 Å². The monoisotopic (exact) mass is 427 g/mol. The van der Waals surface area contributed by atoms with Gasteiger partial charge in [-0.15, -0.1) is 0 Å². The Hall–Kier alpha value is -3.09. The third-order valence-corrected chi connectivity index (χ3v) is 5.82. The first-order valence-corrected chi connectivity index (χ1v) is 10.5. The molecule has 0 bridgehead atoms. The van der Waals surface area contributed by atoms with Gasteiger partial charge in [0.15, 0.2) is 0 Å². The molecule has 3 aromatic rings. The van der Waals surface area contributed by atoms with Gasteiger partial charge in [0.25, 0.3) is 0 Å². The maximum absolute atomic E-state index is 13.1. The molecule has 1 fully saturated rings. The zero-order chi connectivity index (χ0) is 21.8. The van der Waals surface area contributed by atoms with Gasteiger partial charge in [0.05, 0.1) is 17.3 Å².